The van der Waals surface area contributed by atoms with Crippen molar-refractivity contribution in [3.05, 3.63) is 88.7 Å². The second-order valence-corrected chi connectivity index (χ2v) is 5.84. The first-order chi connectivity index (χ1) is 13.1. The molecule has 0 N–H and O–H groups in total. The standard InChI is InChI=1S/C20H14FN3O3/c1-27-20(26)15-12-23(17-10-6-5-9-16(17)21)11-14-18(15)22-24(19(14)25)13-7-3-2-4-8-13/h2-12H,1H3. The van der Waals surface area contributed by atoms with Crippen LogP contribution in [0.15, 0.2) is 71.8 Å². The SMILES string of the molecule is COC(=O)c1cn(-c2ccccc2F)cc2c(=O)n(-c3ccccc3)nc1-2. The van der Waals surface area contributed by atoms with E-state index in [1.54, 1.807) is 42.5 Å². The number of hydrogen-bond donors (Lipinski definition) is 0. The van der Waals surface area contributed by atoms with Crippen LogP contribution in [0.2, 0.25) is 0 Å². The van der Waals surface area contributed by atoms with Gasteiger partial charge in [0.25, 0.3) is 5.56 Å². The van der Waals surface area contributed by atoms with E-state index in [1.165, 1.54) is 34.8 Å². The molecule has 2 aliphatic heterocycles. The second-order valence-electron chi connectivity index (χ2n) is 5.84. The molecule has 0 spiro atoms. The van der Waals surface area contributed by atoms with E-state index < -0.39 is 17.3 Å². The lowest BCUT2D eigenvalue weighted by molar-refractivity contribution is 0.0600. The molecule has 4 rings (SSSR count). The van der Waals surface area contributed by atoms with E-state index in [-0.39, 0.29) is 22.5 Å². The number of halogens is 1. The summed E-state index contributed by atoms with van der Waals surface area (Å²) in [5.41, 5.74) is 0.814. The van der Waals surface area contributed by atoms with Gasteiger partial charge in [-0.1, -0.05) is 30.3 Å². The third kappa shape index (κ3) is 2.79. The predicted octanol–water partition coefficient (Wildman–Crippen LogP) is 3.05. The largest absolute Gasteiger partial charge is 0.465 e. The molecule has 0 unspecified atom stereocenters. The Morgan fingerprint density at radius 3 is 2.44 bits per heavy atom. The maximum atomic E-state index is 14.2. The van der Waals surface area contributed by atoms with Crippen molar-refractivity contribution in [3.63, 3.8) is 0 Å². The van der Waals surface area contributed by atoms with Crippen LogP contribution in [0.25, 0.3) is 22.6 Å². The number of carbonyl (C=O) groups excluding carboxylic acids is 1. The number of esters is 1. The van der Waals surface area contributed by atoms with Crippen LogP contribution in [0.4, 0.5) is 4.39 Å². The number of pyridine rings is 1. The van der Waals surface area contributed by atoms with Gasteiger partial charge in [0, 0.05) is 12.4 Å². The molecule has 2 heterocycles. The zero-order valence-electron chi connectivity index (χ0n) is 14.3. The number of carbonyl (C=O) groups is 1. The molecule has 2 aromatic carbocycles. The molecule has 2 aliphatic rings. The maximum absolute atomic E-state index is 14.2. The van der Waals surface area contributed by atoms with Gasteiger partial charge in [0.05, 0.1) is 24.0 Å². The van der Waals surface area contributed by atoms with Gasteiger partial charge in [0.1, 0.15) is 17.1 Å². The van der Waals surface area contributed by atoms with E-state index in [2.05, 4.69) is 5.10 Å². The van der Waals surface area contributed by atoms with Crippen LogP contribution in [0.3, 0.4) is 0 Å². The third-order valence-corrected chi connectivity index (χ3v) is 4.21. The van der Waals surface area contributed by atoms with Gasteiger partial charge < -0.3 is 9.30 Å². The molecule has 134 valence electrons. The second kappa shape index (κ2) is 6.53. The van der Waals surface area contributed by atoms with Gasteiger partial charge in [-0.05, 0) is 24.3 Å². The first-order valence-electron chi connectivity index (χ1n) is 8.14. The molecule has 0 amide bonds. The van der Waals surface area contributed by atoms with Crippen LogP contribution < -0.4 is 5.56 Å². The maximum Gasteiger partial charge on any atom is 0.341 e. The molecule has 0 aliphatic carbocycles. The third-order valence-electron chi connectivity index (χ3n) is 4.21. The minimum Gasteiger partial charge on any atom is -0.465 e. The fourth-order valence-corrected chi connectivity index (χ4v) is 2.91. The van der Waals surface area contributed by atoms with Crippen LogP contribution in [-0.4, -0.2) is 27.4 Å². The Balaban J connectivity index is 2.03. The summed E-state index contributed by atoms with van der Waals surface area (Å²) < 4.78 is 21.7. The molecule has 0 fully saturated rings. The zero-order chi connectivity index (χ0) is 19.0. The molecule has 0 bridgehead atoms. The van der Waals surface area contributed by atoms with E-state index in [0.717, 1.165) is 0 Å². The number of ether oxygens (including phenoxy) is 1. The Morgan fingerprint density at radius 2 is 1.74 bits per heavy atom. The summed E-state index contributed by atoms with van der Waals surface area (Å²) in [7, 11) is 1.24. The van der Waals surface area contributed by atoms with E-state index in [4.69, 9.17) is 4.74 Å². The molecular formula is C20H14FN3O3. The smallest absolute Gasteiger partial charge is 0.341 e. The lowest BCUT2D eigenvalue weighted by Crippen LogP contribution is -2.15. The number of aromatic nitrogens is 3. The first-order valence-corrected chi connectivity index (χ1v) is 8.14. The Kier molecular flexibility index (Phi) is 4.04. The molecule has 0 radical (unpaired) electrons. The predicted molar refractivity (Wildman–Crippen MR) is 97.1 cm³/mol. The fraction of sp³-hybridized carbons (Fsp3) is 0.0500. The normalized spacial score (nSPS) is 10.9. The van der Waals surface area contributed by atoms with Crippen molar-refractivity contribution < 1.29 is 13.9 Å². The highest BCUT2D eigenvalue weighted by molar-refractivity contribution is 5.96. The van der Waals surface area contributed by atoms with E-state index in [1.807, 2.05) is 6.07 Å². The zero-order valence-corrected chi connectivity index (χ0v) is 14.3. The minimum absolute atomic E-state index is 0.0741. The van der Waals surface area contributed by atoms with Crippen LogP contribution in [0.5, 0.6) is 0 Å². The number of nitrogens with zero attached hydrogens (tertiary/aromatic N) is 3. The minimum atomic E-state index is -0.664. The van der Waals surface area contributed by atoms with Gasteiger partial charge in [0.15, 0.2) is 0 Å². The average Bonchev–Trinajstić information content (AvgIpc) is 3.04. The lowest BCUT2D eigenvalue weighted by atomic mass is 10.1. The van der Waals surface area contributed by atoms with Gasteiger partial charge in [-0.25, -0.2) is 9.18 Å². The Morgan fingerprint density at radius 1 is 1.04 bits per heavy atom. The van der Waals surface area contributed by atoms with Crippen LogP contribution >= 0.6 is 0 Å². The monoisotopic (exact) mass is 363 g/mol. The Bertz CT molecular complexity index is 1160. The van der Waals surface area contributed by atoms with E-state index in [0.29, 0.717) is 5.69 Å². The Labute approximate surface area is 153 Å². The summed E-state index contributed by atoms with van der Waals surface area (Å²) in [6, 6.07) is 14.9. The fourth-order valence-electron chi connectivity index (χ4n) is 2.91. The van der Waals surface area contributed by atoms with Gasteiger partial charge in [-0.2, -0.15) is 9.78 Å². The van der Waals surface area contributed by atoms with Crippen molar-refractivity contribution in [1.29, 1.82) is 0 Å². The summed E-state index contributed by atoms with van der Waals surface area (Å²) in [5.74, 6) is -1.15. The van der Waals surface area contributed by atoms with Crippen molar-refractivity contribution in [2.75, 3.05) is 7.11 Å². The molecule has 2 aromatic rings. The highest BCUT2D eigenvalue weighted by Gasteiger charge is 2.25. The van der Waals surface area contributed by atoms with Gasteiger partial charge >= 0.3 is 5.97 Å². The summed E-state index contributed by atoms with van der Waals surface area (Å²) in [6.45, 7) is 0. The van der Waals surface area contributed by atoms with Crippen molar-refractivity contribution in [2.24, 2.45) is 0 Å². The topological polar surface area (TPSA) is 66.1 Å². The molecular weight excluding hydrogens is 349 g/mol. The van der Waals surface area contributed by atoms with Gasteiger partial charge in [-0.15, -0.1) is 0 Å². The molecule has 0 atom stereocenters. The van der Waals surface area contributed by atoms with Gasteiger partial charge in [-0.3, -0.25) is 4.79 Å². The summed E-state index contributed by atoms with van der Waals surface area (Å²) in [5, 5.41) is 4.30. The molecule has 0 aromatic heterocycles. The highest BCUT2D eigenvalue weighted by Crippen LogP contribution is 2.25. The number of benzene rings is 2. The van der Waals surface area contributed by atoms with Crippen molar-refractivity contribution in [2.45, 2.75) is 0 Å². The molecule has 7 heteroatoms. The van der Waals surface area contributed by atoms with Crippen molar-refractivity contribution in [1.82, 2.24) is 14.3 Å². The number of rotatable bonds is 3. The number of fused-ring (bicyclic) bond motifs is 1. The van der Waals surface area contributed by atoms with Crippen molar-refractivity contribution in [3.8, 4) is 22.6 Å². The van der Waals surface area contributed by atoms with Crippen LogP contribution in [0.1, 0.15) is 10.4 Å². The number of hydrogen-bond acceptors (Lipinski definition) is 4. The van der Waals surface area contributed by atoms with E-state index in [9.17, 15) is 14.0 Å². The van der Waals surface area contributed by atoms with E-state index >= 15 is 0 Å². The Hall–Kier alpha value is -3.74. The molecule has 6 nitrogen and oxygen atoms in total. The lowest BCUT2D eigenvalue weighted by Gasteiger charge is -2.12. The highest BCUT2D eigenvalue weighted by atomic mass is 19.1. The average molecular weight is 363 g/mol. The number of methoxy groups -OCH3 is 1. The molecule has 27 heavy (non-hydrogen) atoms. The van der Waals surface area contributed by atoms with Gasteiger partial charge in [0.2, 0.25) is 0 Å². The molecule has 0 saturated heterocycles. The summed E-state index contributed by atoms with van der Waals surface area (Å²) >= 11 is 0. The van der Waals surface area contributed by atoms with Crippen molar-refractivity contribution >= 4 is 5.97 Å². The summed E-state index contributed by atoms with van der Waals surface area (Å²) in [6.07, 6.45) is 2.88. The quantitative estimate of drug-likeness (QED) is 0.525. The van der Waals surface area contributed by atoms with Crippen LogP contribution in [-0.2, 0) is 4.74 Å². The summed E-state index contributed by atoms with van der Waals surface area (Å²) in [4.78, 5) is 25.2. The van der Waals surface area contributed by atoms with Crippen LogP contribution in [0, 0.1) is 5.82 Å². The molecule has 0 saturated carbocycles. The number of para-hydroxylation sites is 2. The first kappa shape index (κ1) is 16.7.